The van der Waals surface area contributed by atoms with E-state index in [1.807, 2.05) is 13.8 Å². The zero-order valence-electron chi connectivity index (χ0n) is 10.6. The zero-order chi connectivity index (χ0) is 13.8. The van der Waals surface area contributed by atoms with Crippen molar-refractivity contribution in [2.45, 2.75) is 20.0 Å². The van der Waals surface area contributed by atoms with Crippen molar-refractivity contribution >= 4 is 0 Å². The molecule has 1 aromatic heterocycles. The summed E-state index contributed by atoms with van der Waals surface area (Å²) in [7, 11) is 0. The predicted molar refractivity (Wildman–Crippen MR) is 68.1 cm³/mol. The number of benzene rings is 1. The summed E-state index contributed by atoms with van der Waals surface area (Å²) in [5.41, 5.74) is 0. The van der Waals surface area contributed by atoms with Crippen molar-refractivity contribution in [3.8, 4) is 23.1 Å². The van der Waals surface area contributed by atoms with Crippen LogP contribution in [-0.2, 0) is 0 Å². The summed E-state index contributed by atoms with van der Waals surface area (Å²) in [6.07, 6.45) is 1.21. The van der Waals surface area contributed by atoms with Gasteiger partial charge in [0.2, 0.25) is 0 Å². The highest BCUT2D eigenvalue weighted by atomic mass is 19.1. The molecule has 5 heteroatoms. The van der Waals surface area contributed by atoms with Gasteiger partial charge in [-0.2, -0.15) is 0 Å². The summed E-state index contributed by atoms with van der Waals surface area (Å²) < 4.78 is 24.2. The molecule has 4 nitrogen and oxygen atoms in total. The molecule has 0 bridgehead atoms. The Labute approximate surface area is 110 Å². The molecule has 0 amide bonds. The number of aromatic nitrogens is 1. The van der Waals surface area contributed by atoms with Crippen LogP contribution >= 0.6 is 0 Å². The summed E-state index contributed by atoms with van der Waals surface area (Å²) in [5.74, 6) is -0.00181. The van der Waals surface area contributed by atoms with Gasteiger partial charge in [0.05, 0.1) is 12.3 Å². The molecule has 0 fully saturated rings. The van der Waals surface area contributed by atoms with Gasteiger partial charge in [-0.05, 0) is 38.1 Å². The van der Waals surface area contributed by atoms with Gasteiger partial charge in [0.25, 0.3) is 5.88 Å². The number of hydrogen-bond acceptors (Lipinski definition) is 4. The van der Waals surface area contributed by atoms with Gasteiger partial charge in [-0.15, -0.1) is 0 Å². The molecule has 1 aromatic carbocycles. The molecular weight excluding hydrogens is 249 g/mol. The molecule has 0 aliphatic heterocycles. The molecule has 0 aliphatic carbocycles. The molecule has 0 saturated heterocycles. The second-order valence-corrected chi connectivity index (χ2v) is 4.22. The fraction of sp³-hybridized carbons (Fsp3) is 0.214. The fourth-order valence-corrected chi connectivity index (χ4v) is 1.46. The zero-order valence-corrected chi connectivity index (χ0v) is 10.6. The summed E-state index contributed by atoms with van der Waals surface area (Å²) in [4.78, 5) is 3.67. The van der Waals surface area contributed by atoms with E-state index in [1.165, 1.54) is 0 Å². The monoisotopic (exact) mass is 263 g/mol. The first-order valence-electron chi connectivity index (χ1n) is 5.83. The lowest BCUT2D eigenvalue weighted by Gasteiger charge is -2.10. The van der Waals surface area contributed by atoms with Crippen LogP contribution in [0.4, 0.5) is 4.39 Å². The molecule has 0 spiro atoms. The van der Waals surface area contributed by atoms with Crippen molar-refractivity contribution in [3.63, 3.8) is 0 Å². The number of pyridine rings is 1. The first-order chi connectivity index (χ1) is 9.04. The van der Waals surface area contributed by atoms with Crippen LogP contribution in [0.1, 0.15) is 13.8 Å². The third kappa shape index (κ3) is 3.58. The first-order valence-corrected chi connectivity index (χ1v) is 5.83. The molecule has 0 radical (unpaired) electrons. The molecular formula is C14H14FNO3. The molecule has 1 heterocycles. The Kier molecular flexibility index (Phi) is 3.85. The maximum Gasteiger partial charge on any atom is 0.256 e. The summed E-state index contributed by atoms with van der Waals surface area (Å²) >= 11 is 0. The smallest absolute Gasteiger partial charge is 0.256 e. The van der Waals surface area contributed by atoms with Gasteiger partial charge < -0.3 is 14.6 Å². The van der Waals surface area contributed by atoms with Crippen molar-refractivity contribution in [1.82, 2.24) is 4.98 Å². The van der Waals surface area contributed by atoms with Crippen molar-refractivity contribution in [1.29, 1.82) is 0 Å². The van der Waals surface area contributed by atoms with E-state index in [2.05, 4.69) is 4.98 Å². The maximum atomic E-state index is 13.4. The van der Waals surface area contributed by atoms with Crippen LogP contribution in [0.2, 0.25) is 0 Å². The lowest BCUT2D eigenvalue weighted by Crippen LogP contribution is -2.05. The van der Waals surface area contributed by atoms with Gasteiger partial charge in [0.15, 0.2) is 5.82 Å². The summed E-state index contributed by atoms with van der Waals surface area (Å²) in [5, 5.41) is 9.05. The minimum Gasteiger partial charge on any atom is -0.506 e. The minimum absolute atomic E-state index is 0.0861. The Morgan fingerprint density at radius 3 is 2.37 bits per heavy atom. The lowest BCUT2D eigenvalue weighted by molar-refractivity contribution is 0.242. The predicted octanol–water partition coefficient (Wildman–Crippen LogP) is 3.51. The van der Waals surface area contributed by atoms with Crippen LogP contribution in [-0.4, -0.2) is 16.2 Å². The largest absolute Gasteiger partial charge is 0.506 e. The van der Waals surface area contributed by atoms with Crippen LogP contribution in [0, 0.1) is 5.82 Å². The highest BCUT2D eigenvalue weighted by Crippen LogP contribution is 2.26. The number of aromatic hydroxyl groups is 1. The molecule has 2 rings (SSSR count). The van der Waals surface area contributed by atoms with Crippen LogP contribution < -0.4 is 9.47 Å². The van der Waals surface area contributed by atoms with Crippen molar-refractivity contribution < 1.29 is 19.0 Å². The fourth-order valence-electron chi connectivity index (χ4n) is 1.46. The quantitative estimate of drug-likeness (QED) is 0.917. The van der Waals surface area contributed by atoms with Gasteiger partial charge >= 0.3 is 0 Å². The van der Waals surface area contributed by atoms with E-state index in [9.17, 15) is 4.39 Å². The van der Waals surface area contributed by atoms with Gasteiger partial charge in [-0.1, -0.05) is 0 Å². The Morgan fingerprint density at radius 2 is 1.79 bits per heavy atom. The van der Waals surface area contributed by atoms with E-state index in [0.717, 1.165) is 12.3 Å². The molecule has 0 aliphatic rings. The van der Waals surface area contributed by atoms with Crippen LogP contribution in [0.3, 0.4) is 0 Å². The van der Waals surface area contributed by atoms with E-state index in [4.69, 9.17) is 14.6 Å². The highest BCUT2D eigenvalue weighted by molar-refractivity contribution is 5.34. The standard InChI is InChI=1S/C14H14FNO3/c1-9(2)18-11-3-5-12(6-4-11)19-14-13(15)7-10(17)8-16-14/h3-9,17H,1-2H3. The average molecular weight is 263 g/mol. The Morgan fingerprint density at radius 1 is 1.16 bits per heavy atom. The molecule has 1 N–H and O–H groups in total. The average Bonchev–Trinajstić information content (AvgIpc) is 2.34. The molecule has 2 aromatic rings. The van der Waals surface area contributed by atoms with Gasteiger partial charge in [0, 0.05) is 6.07 Å². The van der Waals surface area contributed by atoms with E-state index in [0.29, 0.717) is 11.5 Å². The molecule has 0 unspecified atom stereocenters. The number of ether oxygens (including phenoxy) is 2. The minimum atomic E-state index is -0.720. The molecule has 0 atom stereocenters. The normalized spacial score (nSPS) is 10.5. The second-order valence-electron chi connectivity index (χ2n) is 4.22. The van der Waals surface area contributed by atoms with E-state index in [-0.39, 0.29) is 17.7 Å². The Hall–Kier alpha value is -2.30. The maximum absolute atomic E-state index is 13.4. The third-order valence-electron chi connectivity index (χ3n) is 2.20. The number of halogens is 1. The number of hydrogen-bond donors (Lipinski definition) is 1. The highest BCUT2D eigenvalue weighted by Gasteiger charge is 2.07. The first kappa shape index (κ1) is 13.1. The van der Waals surface area contributed by atoms with Crippen molar-refractivity contribution in [3.05, 3.63) is 42.3 Å². The molecule has 0 saturated carbocycles. The topological polar surface area (TPSA) is 51.6 Å². The summed E-state index contributed by atoms with van der Waals surface area (Å²) in [6, 6.07) is 7.72. The van der Waals surface area contributed by atoms with Gasteiger partial charge in [-0.3, -0.25) is 0 Å². The number of rotatable bonds is 4. The SMILES string of the molecule is CC(C)Oc1ccc(Oc2ncc(O)cc2F)cc1. The van der Waals surface area contributed by atoms with E-state index >= 15 is 0 Å². The van der Waals surface area contributed by atoms with Crippen LogP contribution in [0.15, 0.2) is 36.5 Å². The Balaban J connectivity index is 2.10. The van der Waals surface area contributed by atoms with Gasteiger partial charge in [-0.25, -0.2) is 9.37 Å². The number of nitrogens with zero attached hydrogens (tertiary/aromatic N) is 1. The third-order valence-corrected chi connectivity index (χ3v) is 2.20. The van der Waals surface area contributed by atoms with Crippen LogP contribution in [0.25, 0.3) is 0 Å². The van der Waals surface area contributed by atoms with E-state index in [1.54, 1.807) is 24.3 Å². The van der Waals surface area contributed by atoms with Crippen molar-refractivity contribution in [2.75, 3.05) is 0 Å². The second kappa shape index (κ2) is 5.56. The molecule has 19 heavy (non-hydrogen) atoms. The van der Waals surface area contributed by atoms with Crippen molar-refractivity contribution in [2.24, 2.45) is 0 Å². The Bertz CT molecular complexity index is 555. The summed E-state index contributed by atoms with van der Waals surface area (Å²) in [6.45, 7) is 3.86. The molecule has 100 valence electrons. The van der Waals surface area contributed by atoms with E-state index < -0.39 is 5.82 Å². The van der Waals surface area contributed by atoms with Crippen LogP contribution in [0.5, 0.6) is 23.1 Å². The lowest BCUT2D eigenvalue weighted by atomic mass is 10.3. The van der Waals surface area contributed by atoms with Gasteiger partial charge in [0.1, 0.15) is 17.2 Å².